The first-order valence-corrected chi connectivity index (χ1v) is 11.7. The van der Waals surface area contributed by atoms with Gasteiger partial charge in [0.1, 0.15) is 12.4 Å². The minimum atomic E-state index is 0.117. The van der Waals surface area contributed by atoms with Crippen molar-refractivity contribution in [2.75, 3.05) is 13.7 Å². The number of hydrogen-bond acceptors (Lipinski definition) is 5. The number of methoxy groups -OCH3 is 1. The Labute approximate surface area is 190 Å². The summed E-state index contributed by atoms with van der Waals surface area (Å²) in [4.78, 5) is 15.2. The fourth-order valence-corrected chi connectivity index (χ4v) is 5.34. The molecule has 172 valence electrons. The van der Waals surface area contributed by atoms with Gasteiger partial charge in [0.15, 0.2) is 11.5 Å². The van der Waals surface area contributed by atoms with Crippen molar-refractivity contribution in [3.63, 3.8) is 0 Å². The largest absolute Gasteiger partial charge is 0.493 e. The number of nitrogens with zero attached hydrogens (tertiary/aromatic N) is 2. The Hall–Kier alpha value is -2.76. The summed E-state index contributed by atoms with van der Waals surface area (Å²) in [6, 6.07) is 6.11. The number of fused-ring (bicyclic) bond motifs is 1. The summed E-state index contributed by atoms with van der Waals surface area (Å²) in [5.41, 5.74) is 2.68. The number of hydrogen-bond donors (Lipinski definition) is 0. The van der Waals surface area contributed by atoms with E-state index in [1.54, 1.807) is 13.2 Å². The van der Waals surface area contributed by atoms with Gasteiger partial charge in [0, 0.05) is 18.7 Å². The lowest BCUT2D eigenvalue weighted by Crippen LogP contribution is -2.52. The molecule has 2 heterocycles. The van der Waals surface area contributed by atoms with E-state index in [-0.39, 0.29) is 5.91 Å². The Morgan fingerprint density at radius 3 is 2.78 bits per heavy atom. The van der Waals surface area contributed by atoms with Crippen LogP contribution in [0.2, 0.25) is 0 Å². The van der Waals surface area contributed by atoms with Crippen molar-refractivity contribution in [3.8, 4) is 11.5 Å². The molecule has 0 spiro atoms. The maximum absolute atomic E-state index is 13.1. The molecule has 2 aromatic rings. The molecule has 0 N–H and O–H groups in total. The second-order valence-electron chi connectivity index (χ2n) is 9.17. The minimum Gasteiger partial charge on any atom is -0.493 e. The molecule has 1 aliphatic carbocycles. The minimum absolute atomic E-state index is 0.117. The average molecular weight is 439 g/mol. The zero-order valence-corrected chi connectivity index (χ0v) is 19.6. The summed E-state index contributed by atoms with van der Waals surface area (Å²) in [6.45, 7) is 7.31. The fraction of sp³-hybridized carbons (Fsp3) is 0.538. The standard InChI is InChI=1S/C26H34N2O4/c1-17-7-5-8-21-9-6-14-28(26(17)21)25(29)13-11-20-10-12-23(24(15-20)30-4)31-16-22-18(2)27-32-19(22)3/h10-13,15,17,21,26H,5-9,14,16H2,1-4H3/b13-11+/t17-,21+,26+/m1/s1. The summed E-state index contributed by atoms with van der Waals surface area (Å²) in [7, 11) is 1.62. The molecule has 1 aromatic carbocycles. The van der Waals surface area contributed by atoms with E-state index in [1.807, 2.05) is 38.1 Å². The Bertz CT molecular complexity index is 959. The normalized spacial score (nSPS) is 23.2. The van der Waals surface area contributed by atoms with Gasteiger partial charge in [-0.2, -0.15) is 0 Å². The topological polar surface area (TPSA) is 64.8 Å². The Morgan fingerprint density at radius 2 is 2.03 bits per heavy atom. The lowest BCUT2D eigenvalue weighted by atomic mass is 9.73. The maximum atomic E-state index is 13.1. The number of aromatic nitrogens is 1. The molecule has 6 nitrogen and oxygen atoms in total. The van der Waals surface area contributed by atoms with Crippen LogP contribution >= 0.6 is 0 Å². The SMILES string of the molecule is COc1cc(/C=C/C(=O)N2CCC[C@@H]3CCC[C@@H](C)[C@@H]32)ccc1OCc1c(C)noc1C. The first-order chi connectivity index (χ1) is 15.5. The lowest BCUT2D eigenvalue weighted by Gasteiger charge is -2.47. The molecule has 2 fully saturated rings. The number of rotatable bonds is 6. The van der Waals surface area contributed by atoms with Gasteiger partial charge in [-0.05, 0) is 75.1 Å². The molecule has 32 heavy (non-hydrogen) atoms. The van der Waals surface area contributed by atoms with Crippen molar-refractivity contribution in [2.45, 2.75) is 65.5 Å². The van der Waals surface area contributed by atoms with Crippen LogP contribution in [0.25, 0.3) is 6.08 Å². The van der Waals surface area contributed by atoms with Gasteiger partial charge in [0.2, 0.25) is 5.91 Å². The number of piperidine rings is 1. The van der Waals surface area contributed by atoms with Crippen LogP contribution in [0.4, 0.5) is 0 Å². The quantitative estimate of drug-likeness (QED) is 0.571. The van der Waals surface area contributed by atoms with Crippen molar-refractivity contribution in [3.05, 3.63) is 46.9 Å². The van der Waals surface area contributed by atoms with Gasteiger partial charge in [0.05, 0.1) is 18.4 Å². The highest BCUT2D eigenvalue weighted by atomic mass is 16.5. The predicted molar refractivity (Wildman–Crippen MR) is 124 cm³/mol. The van der Waals surface area contributed by atoms with Crippen molar-refractivity contribution in [2.24, 2.45) is 11.8 Å². The smallest absolute Gasteiger partial charge is 0.246 e. The number of carbonyl (C=O) groups is 1. The van der Waals surface area contributed by atoms with E-state index in [1.165, 1.54) is 25.7 Å². The molecule has 0 unspecified atom stereocenters. The van der Waals surface area contributed by atoms with Crippen LogP contribution < -0.4 is 9.47 Å². The van der Waals surface area contributed by atoms with Crippen molar-refractivity contribution >= 4 is 12.0 Å². The summed E-state index contributed by atoms with van der Waals surface area (Å²) in [5.74, 6) is 3.40. The highest BCUT2D eigenvalue weighted by molar-refractivity contribution is 5.92. The molecule has 1 aliphatic heterocycles. The van der Waals surface area contributed by atoms with Gasteiger partial charge in [-0.15, -0.1) is 0 Å². The molecule has 6 heteroatoms. The Kier molecular flexibility index (Phi) is 6.87. The maximum Gasteiger partial charge on any atom is 0.246 e. The number of amides is 1. The van der Waals surface area contributed by atoms with Gasteiger partial charge in [-0.1, -0.05) is 24.6 Å². The summed E-state index contributed by atoms with van der Waals surface area (Å²) < 4.78 is 16.7. The average Bonchev–Trinajstić information content (AvgIpc) is 3.13. The van der Waals surface area contributed by atoms with E-state index in [9.17, 15) is 4.79 Å². The van der Waals surface area contributed by atoms with E-state index in [2.05, 4.69) is 17.0 Å². The second kappa shape index (κ2) is 9.80. The number of likely N-dealkylation sites (tertiary alicyclic amines) is 1. The fourth-order valence-electron chi connectivity index (χ4n) is 5.34. The Balaban J connectivity index is 1.44. The summed E-state index contributed by atoms with van der Waals surface area (Å²) in [6.07, 6.45) is 9.73. The van der Waals surface area contributed by atoms with Crippen LogP contribution in [0.15, 0.2) is 28.8 Å². The second-order valence-corrected chi connectivity index (χ2v) is 9.17. The van der Waals surface area contributed by atoms with E-state index < -0.39 is 0 Å². The third-order valence-corrected chi connectivity index (χ3v) is 7.08. The molecule has 0 radical (unpaired) electrons. The van der Waals surface area contributed by atoms with E-state index in [0.717, 1.165) is 35.5 Å². The highest BCUT2D eigenvalue weighted by Crippen LogP contribution is 2.39. The van der Waals surface area contributed by atoms with Crippen LogP contribution in [0, 0.1) is 25.7 Å². The molecule has 1 aromatic heterocycles. The number of ether oxygens (including phenoxy) is 2. The number of carbonyl (C=O) groups excluding carboxylic acids is 1. The van der Waals surface area contributed by atoms with Crippen LogP contribution in [-0.4, -0.2) is 35.7 Å². The monoisotopic (exact) mass is 438 g/mol. The molecule has 4 rings (SSSR count). The molecule has 1 saturated heterocycles. The molecule has 2 aliphatic rings. The van der Waals surface area contributed by atoms with E-state index in [4.69, 9.17) is 14.0 Å². The van der Waals surface area contributed by atoms with Crippen LogP contribution in [0.3, 0.4) is 0 Å². The van der Waals surface area contributed by atoms with Crippen molar-refractivity contribution in [1.29, 1.82) is 0 Å². The van der Waals surface area contributed by atoms with Crippen LogP contribution in [-0.2, 0) is 11.4 Å². The van der Waals surface area contributed by atoms with Gasteiger partial charge in [0.25, 0.3) is 0 Å². The third-order valence-electron chi connectivity index (χ3n) is 7.08. The van der Waals surface area contributed by atoms with Gasteiger partial charge in [-0.3, -0.25) is 4.79 Å². The van der Waals surface area contributed by atoms with Gasteiger partial charge in [-0.25, -0.2) is 0 Å². The lowest BCUT2D eigenvalue weighted by molar-refractivity contribution is -0.133. The molecule has 1 amide bonds. The van der Waals surface area contributed by atoms with E-state index >= 15 is 0 Å². The highest BCUT2D eigenvalue weighted by Gasteiger charge is 2.38. The van der Waals surface area contributed by atoms with Crippen molar-refractivity contribution in [1.82, 2.24) is 10.1 Å². The zero-order chi connectivity index (χ0) is 22.7. The van der Waals surface area contributed by atoms with Crippen LogP contribution in [0.1, 0.15) is 61.6 Å². The van der Waals surface area contributed by atoms with Gasteiger partial charge < -0.3 is 18.9 Å². The van der Waals surface area contributed by atoms with Crippen molar-refractivity contribution < 1.29 is 18.8 Å². The first-order valence-electron chi connectivity index (χ1n) is 11.7. The summed E-state index contributed by atoms with van der Waals surface area (Å²) >= 11 is 0. The molecule has 1 saturated carbocycles. The third kappa shape index (κ3) is 4.69. The van der Waals surface area contributed by atoms with Gasteiger partial charge >= 0.3 is 0 Å². The zero-order valence-electron chi connectivity index (χ0n) is 19.6. The Morgan fingerprint density at radius 1 is 1.22 bits per heavy atom. The molecular weight excluding hydrogens is 404 g/mol. The van der Waals surface area contributed by atoms with Crippen LogP contribution in [0.5, 0.6) is 11.5 Å². The molecule has 3 atom stereocenters. The van der Waals surface area contributed by atoms with E-state index in [0.29, 0.717) is 36.0 Å². The number of aryl methyl sites for hydroxylation is 2. The molecular formula is C26H34N2O4. The summed E-state index contributed by atoms with van der Waals surface area (Å²) in [5, 5.41) is 3.96. The predicted octanol–water partition coefficient (Wildman–Crippen LogP) is 5.32. The molecule has 0 bridgehead atoms. The number of benzene rings is 1. The first kappa shape index (κ1) is 22.4.